The highest BCUT2D eigenvalue weighted by molar-refractivity contribution is 6.01. The summed E-state index contributed by atoms with van der Waals surface area (Å²) < 4.78 is 37.7. The van der Waals surface area contributed by atoms with Gasteiger partial charge < -0.3 is 18.7 Å². The maximum atomic E-state index is 14.2. The predicted molar refractivity (Wildman–Crippen MR) is 97.1 cm³/mol. The molecular weight excluding hydrogens is 384 g/mol. The maximum Gasteiger partial charge on any atom is 0.289 e. The molecule has 9 heteroatoms. The summed E-state index contributed by atoms with van der Waals surface area (Å²) in [6.07, 6.45) is 1.43. The van der Waals surface area contributed by atoms with E-state index >= 15 is 0 Å². The van der Waals surface area contributed by atoms with Gasteiger partial charge >= 0.3 is 0 Å². The van der Waals surface area contributed by atoms with Crippen molar-refractivity contribution in [2.75, 3.05) is 26.2 Å². The third kappa shape index (κ3) is 3.51. The number of nitrogens with zero attached hydrogens (tertiary/aromatic N) is 3. The van der Waals surface area contributed by atoms with Gasteiger partial charge in [0.15, 0.2) is 5.76 Å². The number of benzene rings is 1. The Kier molecular flexibility index (Phi) is 4.87. The Morgan fingerprint density at radius 2 is 1.72 bits per heavy atom. The van der Waals surface area contributed by atoms with Gasteiger partial charge in [0, 0.05) is 37.8 Å². The van der Waals surface area contributed by atoms with Crippen LogP contribution in [0.4, 0.5) is 8.78 Å². The van der Waals surface area contributed by atoms with Crippen molar-refractivity contribution < 1.29 is 27.3 Å². The fraction of sp³-hybridized carbons (Fsp3) is 0.250. The summed E-state index contributed by atoms with van der Waals surface area (Å²) in [5.41, 5.74) is 0.138. The van der Waals surface area contributed by atoms with Crippen molar-refractivity contribution in [1.29, 1.82) is 0 Å². The first-order valence-corrected chi connectivity index (χ1v) is 8.99. The Hall–Kier alpha value is -3.49. The Morgan fingerprint density at radius 1 is 1.03 bits per heavy atom. The first-order valence-electron chi connectivity index (χ1n) is 8.99. The Balaban J connectivity index is 1.53. The van der Waals surface area contributed by atoms with Crippen molar-refractivity contribution in [1.82, 2.24) is 15.0 Å². The van der Waals surface area contributed by atoms with E-state index in [9.17, 15) is 18.4 Å². The van der Waals surface area contributed by atoms with Crippen LogP contribution in [-0.2, 0) is 0 Å². The van der Waals surface area contributed by atoms with Gasteiger partial charge in [0.2, 0.25) is 0 Å². The number of hydrogen-bond acceptors (Lipinski definition) is 5. The number of furan rings is 1. The number of rotatable bonds is 3. The third-order valence-electron chi connectivity index (χ3n) is 4.85. The number of amides is 2. The molecule has 1 fully saturated rings. The number of hydrogen-bond donors (Lipinski definition) is 0. The van der Waals surface area contributed by atoms with Crippen molar-refractivity contribution in [2.24, 2.45) is 0 Å². The molecule has 0 radical (unpaired) electrons. The smallest absolute Gasteiger partial charge is 0.289 e. The Labute approximate surface area is 164 Å². The molecule has 1 aromatic carbocycles. The van der Waals surface area contributed by atoms with E-state index in [2.05, 4.69) is 5.16 Å². The van der Waals surface area contributed by atoms with Gasteiger partial charge in [0.25, 0.3) is 11.8 Å². The summed E-state index contributed by atoms with van der Waals surface area (Å²) in [6, 6.07) is 6.27. The fourth-order valence-electron chi connectivity index (χ4n) is 3.32. The normalized spacial score (nSPS) is 14.3. The molecule has 3 aromatic rings. The third-order valence-corrected chi connectivity index (χ3v) is 4.85. The second-order valence-corrected chi connectivity index (χ2v) is 6.65. The summed E-state index contributed by atoms with van der Waals surface area (Å²) in [5.74, 6) is -1.70. The number of aromatic nitrogens is 1. The summed E-state index contributed by atoms with van der Waals surface area (Å²) in [5, 5.41) is 3.81. The summed E-state index contributed by atoms with van der Waals surface area (Å²) in [4.78, 5) is 28.6. The molecule has 29 heavy (non-hydrogen) atoms. The van der Waals surface area contributed by atoms with E-state index in [1.807, 2.05) is 0 Å². The van der Waals surface area contributed by atoms with Gasteiger partial charge in [-0.1, -0.05) is 5.16 Å². The molecule has 150 valence electrons. The predicted octanol–water partition coefficient (Wildman–Crippen LogP) is 3.12. The molecular formula is C20H17F2N3O4. The molecule has 0 N–H and O–H groups in total. The molecule has 1 aliphatic heterocycles. The van der Waals surface area contributed by atoms with Crippen LogP contribution in [0.2, 0.25) is 0 Å². The molecule has 4 rings (SSSR count). The van der Waals surface area contributed by atoms with Crippen LogP contribution in [0.1, 0.15) is 26.7 Å². The van der Waals surface area contributed by atoms with Crippen LogP contribution < -0.4 is 0 Å². The Morgan fingerprint density at radius 3 is 2.34 bits per heavy atom. The minimum atomic E-state index is -0.832. The lowest BCUT2D eigenvalue weighted by molar-refractivity contribution is 0.0517. The molecule has 2 amide bonds. The van der Waals surface area contributed by atoms with Crippen molar-refractivity contribution in [3.8, 4) is 11.3 Å². The van der Waals surface area contributed by atoms with Gasteiger partial charge in [-0.2, -0.15) is 0 Å². The van der Waals surface area contributed by atoms with Crippen LogP contribution in [0.5, 0.6) is 0 Å². The number of aryl methyl sites for hydroxylation is 1. The van der Waals surface area contributed by atoms with Crippen LogP contribution in [0, 0.1) is 18.6 Å². The minimum absolute atomic E-state index is 0.0155. The molecule has 0 bridgehead atoms. The van der Waals surface area contributed by atoms with Gasteiger partial charge in [0.05, 0.1) is 6.26 Å². The average molecular weight is 401 g/mol. The zero-order valence-corrected chi connectivity index (χ0v) is 15.5. The molecule has 2 aromatic heterocycles. The van der Waals surface area contributed by atoms with Crippen molar-refractivity contribution in [2.45, 2.75) is 6.92 Å². The lowest BCUT2D eigenvalue weighted by atomic mass is 10.0. The zero-order chi connectivity index (χ0) is 20.5. The molecule has 3 heterocycles. The SMILES string of the molecule is Cc1onc(-c2ccc(F)cc2F)c1C(=O)N1CCN(C(=O)c2ccco2)CC1. The van der Waals surface area contributed by atoms with Crippen LogP contribution in [0.25, 0.3) is 11.3 Å². The van der Waals surface area contributed by atoms with E-state index in [0.29, 0.717) is 26.2 Å². The second kappa shape index (κ2) is 7.50. The number of halogens is 2. The molecule has 1 saturated heterocycles. The van der Waals surface area contributed by atoms with Crippen LogP contribution in [0.3, 0.4) is 0 Å². The Bertz CT molecular complexity index is 1050. The van der Waals surface area contributed by atoms with Crippen LogP contribution in [-0.4, -0.2) is 52.9 Å². The molecule has 1 aliphatic rings. The van der Waals surface area contributed by atoms with Gasteiger partial charge in [0.1, 0.15) is 28.7 Å². The zero-order valence-electron chi connectivity index (χ0n) is 15.5. The van der Waals surface area contributed by atoms with Gasteiger partial charge in [-0.25, -0.2) is 8.78 Å². The van der Waals surface area contributed by atoms with Crippen molar-refractivity contribution >= 4 is 11.8 Å². The highest BCUT2D eigenvalue weighted by Crippen LogP contribution is 2.29. The van der Waals surface area contributed by atoms with E-state index in [1.54, 1.807) is 28.9 Å². The van der Waals surface area contributed by atoms with Gasteiger partial charge in [-0.05, 0) is 31.2 Å². The van der Waals surface area contributed by atoms with Gasteiger partial charge in [-0.3, -0.25) is 9.59 Å². The van der Waals surface area contributed by atoms with Crippen LogP contribution in [0.15, 0.2) is 45.5 Å². The number of carbonyl (C=O) groups is 2. The van der Waals surface area contributed by atoms with Crippen LogP contribution >= 0.6 is 0 Å². The highest BCUT2D eigenvalue weighted by atomic mass is 19.1. The largest absolute Gasteiger partial charge is 0.459 e. The minimum Gasteiger partial charge on any atom is -0.459 e. The lowest BCUT2D eigenvalue weighted by Gasteiger charge is -2.34. The molecule has 0 saturated carbocycles. The van der Waals surface area contributed by atoms with Gasteiger partial charge in [-0.15, -0.1) is 0 Å². The number of piperazine rings is 1. The molecule has 0 unspecified atom stereocenters. The first kappa shape index (κ1) is 18.9. The van der Waals surface area contributed by atoms with E-state index in [-0.39, 0.29) is 40.2 Å². The molecule has 7 nitrogen and oxygen atoms in total. The van der Waals surface area contributed by atoms with Crippen molar-refractivity contribution in [3.05, 3.63) is 65.3 Å². The van der Waals surface area contributed by atoms with E-state index in [0.717, 1.165) is 12.1 Å². The summed E-state index contributed by atoms with van der Waals surface area (Å²) in [7, 11) is 0. The lowest BCUT2D eigenvalue weighted by Crippen LogP contribution is -2.50. The fourth-order valence-corrected chi connectivity index (χ4v) is 3.32. The summed E-state index contributed by atoms with van der Waals surface area (Å²) >= 11 is 0. The van der Waals surface area contributed by atoms with E-state index < -0.39 is 11.6 Å². The standard InChI is InChI=1S/C20H17F2N3O4/c1-12-17(18(23-29-12)14-5-4-13(21)11-15(14)22)20(27)25-8-6-24(7-9-25)19(26)16-3-2-10-28-16/h2-5,10-11H,6-9H2,1H3. The maximum absolute atomic E-state index is 14.2. The van der Waals surface area contributed by atoms with E-state index in [4.69, 9.17) is 8.94 Å². The topological polar surface area (TPSA) is 79.8 Å². The van der Waals surface area contributed by atoms with E-state index in [1.165, 1.54) is 12.3 Å². The molecule has 0 spiro atoms. The average Bonchev–Trinajstić information content (AvgIpc) is 3.37. The number of carbonyl (C=O) groups excluding carboxylic acids is 2. The second-order valence-electron chi connectivity index (χ2n) is 6.65. The quantitative estimate of drug-likeness (QED) is 0.674. The molecule has 0 atom stereocenters. The molecule has 0 aliphatic carbocycles. The monoisotopic (exact) mass is 401 g/mol. The highest BCUT2D eigenvalue weighted by Gasteiger charge is 2.31. The summed E-state index contributed by atoms with van der Waals surface area (Å²) in [6.45, 7) is 2.80. The van der Waals surface area contributed by atoms with Crippen molar-refractivity contribution in [3.63, 3.8) is 0 Å². The first-order chi connectivity index (χ1) is 14.0.